The Morgan fingerprint density at radius 2 is 2.05 bits per heavy atom. The van der Waals surface area contributed by atoms with E-state index in [1.54, 1.807) is 0 Å². The van der Waals surface area contributed by atoms with Crippen molar-refractivity contribution >= 4 is 5.91 Å². The zero-order valence-corrected chi connectivity index (χ0v) is 12.4. The van der Waals surface area contributed by atoms with Crippen LogP contribution in [0.1, 0.15) is 39.5 Å². The summed E-state index contributed by atoms with van der Waals surface area (Å²) < 4.78 is 5.47. The molecule has 2 aliphatic rings. The number of hydrogen-bond donors (Lipinski definition) is 1. The van der Waals surface area contributed by atoms with Gasteiger partial charge in [-0.15, -0.1) is 0 Å². The van der Waals surface area contributed by atoms with Gasteiger partial charge in [0.15, 0.2) is 0 Å². The Morgan fingerprint density at radius 3 is 2.63 bits per heavy atom. The largest absolute Gasteiger partial charge is 0.381 e. The molecule has 0 aliphatic carbocycles. The molecule has 0 aromatic rings. The van der Waals surface area contributed by atoms with Gasteiger partial charge in [-0.2, -0.15) is 0 Å². The van der Waals surface area contributed by atoms with Crippen molar-refractivity contribution in [3.8, 4) is 0 Å². The van der Waals surface area contributed by atoms with Crippen molar-refractivity contribution in [2.24, 2.45) is 11.8 Å². The number of carbonyl (C=O) groups excluding carboxylic acids is 1. The highest BCUT2D eigenvalue weighted by Crippen LogP contribution is 2.21. The maximum absolute atomic E-state index is 12.6. The lowest BCUT2D eigenvalue weighted by molar-refractivity contribution is -0.142. The first-order valence-electron chi connectivity index (χ1n) is 7.77. The van der Waals surface area contributed by atoms with Crippen LogP contribution >= 0.6 is 0 Å². The molecule has 0 saturated carbocycles. The predicted molar refractivity (Wildman–Crippen MR) is 76.0 cm³/mol. The van der Waals surface area contributed by atoms with Crippen molar-refractivity contribution in [1.82, 2.24) is 10.2 Å². The summed E-state index contributed by atoms with van der Waals surface area (Å²) in [7, 11) is 0. The first kappa shape index (κ1) is 14.8. The van der Waals surface area contributed by atoms with Gasteiger partial charge in [0, 0.05) is 19.2 Å². The molecule has 4 heteroatoms. The van der Waals surface area contributed by atoms with Gasteiger partial charge in [-0.05, 0) is 58.5 Å². The fourth-order valence-electron chi connectivity index (χ4n) is 3.07. The van der Waals surface area contributed by atoms with Crippen LogP contribution in [0.15, 0.2) is 0 Å². The highest BCUT2D eigenvalue weighted by molar-refractivity contribution is 5.79. The summed E-state index contributed by atoms with van der Waals surface area (Å²) >= 11 is 0. The molecule has 2 saturated heterocycles. The summed E-state index contributed by atoms with van der Waals surface area (Å²) in [4.78, 5) is 14.7. The Kier molecular flexibility index (Phi) is 5.64. The number of nitrogens with one attached hydrogen (secondary N) is 1. The maximum atomic E-state index is 12.6. The number of piperidine rings is 1. The summed E-state index contributed by atoms with van der Waals surface area (Å²) in [5.74, 6) is 1.07. The van der Waals surface area contributed by atoms with Crippen LogP contribution in [0, 0.1) is 11.8 Å². The van der Waals surface area contributed by atoms with Crippen LogP contribution in [-0.2, 0) is 9.53 Å². The molecule has 0 aromatic carbocycles. The molecule has 2 fully saturated rings. The predicted octanol–water partition coefficient (Wildman–Crippen LogP) is 1.65. The highest BCUT2D eigenvalue weighted by atomic mass is 16.5. The third kappa shape index (κ3) is 4.18. The summed E-state index contributed by atoms with van der Waals surface area (Å²) in [5.41, 5.74) is 0. The molecule has 19 heavy (non-hydrogen) atoms. The topological polar surface area (TPSA) is 41.6 Å². The molecule has 1 atom stereocenters. The second kappa shape index (κ2) is 7.25. The van der Waals surface area contributed by atoms with Crippen LogP contribution in [0.5, 0.6) is 0 Å². The van der Waals surface area contributed by atoms with Gasteiger partial charge in [0.25, 0.3) is 0 Å². The van der Waals surface area contributed by atoms with Gasteiger partial charge in [-0.1, -0.05) is 0 Å². The summed E-state index contributed by atoms with van der Waals surface area (Å²) in [6.45, 7) is 8.81. The Morgan fingerprint density at radius 1 is 1.32 bits per heavy atom. The first-order chi connectivity index (χ1) is 9.18. The van der Waals surface area contributed by atoms with Crippen molar-refractivity contribution in [3.05, 3.63) is 0 Å². The highest BCUT2D eigenvalue weighted by Gasteiger charge is 2.29. The van der Waals surface area contributed by atoms with Gasteiger partial charge in [0.1, 0.15) is 0 Å². The second-order valence-electron chi connectivity index (χ2n) is 6.19. The molecule has 0 bridgehead atoms. The van der Waals surface area contributed by atoms with Gasteiger partial charge < -0.3 is 15.0 Å². The van der Waals surface area contributed by atoms with E-state index in [-0.39, 0.29) is 5.92 Å². The molecule has 2 rings (SSSR count). The van der Waals surface area contributed by atoms with E-state index in [4.69, 9.17) is 4.74 Å². The van der Waals surface area contributed by atoms with Crippen molar-refractivity contribution in [2.45, 2.75) is 45.6 Å². The number of rotatable bonds is 4. The molecule has 1 amide bonds. The minimum Gasteiger partial charge on any atom is -0.381 e. The van der Waals surface area contributed by atoms with Crippen molar-refractivity contribution in [2.75, 3.05) is 32.8 Å². The summed E-state index contributed by atoms with van der Waals surface area (Å²) in [5, 5.41) is 3.39. The average Bonchev–Trinajstić information content (AvgIpc) is 2.46. The monoisotopic (exact) mass is 268 g/mol. The van der Waals surface area contributed by atoms with Gasteiger partial charge in [0.2, 0.25) is 5.91 Å². The van der Waals surface area contributed by atoms with Crippen LogP contribution in [0.3, 0.4) is 0 Å². The number of amides is 1. The zero-order chi connectivity index (χ0) is 13.7. The molecule has 110 valence electrons. The quantitative estimate of drug-likeness (QED) is 0.843. The lowest BCUT2D eigenvalue weighted by atomic mass is 9.95. The maximum Gasteiger partial charge on any atom is 0.228 e. The van der Waals surface area contributed by atoms with Crippen molar-refractivity contribution in [3.63, 3.8) is 0 Å². The van der Waals surface area contributed by atoms with Gasteiger partial charge in [-0.25, -0.2) is 0 Å². The fraction of sp³-hybridized carbons (Fsp3) is 0.933. The van der Waals surface area contributed by atoms with Crippen molar-refractivity contribution < 1.29 is 9.53 Å². The number of carbonyl (C=O) groups is 1. The van der Waals surface area contributed by atoms with E-state index in [2.05, 4.69) is 24.1 Å². The average molecular weight is 268 g/mol. The smallest absolute Gasteiger partial charge is 0.228 e. The molecule has 0 aromatic heterocycles. The van der Waals surface area contributed by atoms with E-state index in [0.717, 1.165) is 39.1 Å². The third-order valence-corrected chi connectivity index (χ3v) is 4.33. The van der Waals surface area contributed by atoms with Crippen LogP contribution in [-0.4, -0.2) is 49.7 Å². The van der Waals surface area contributed by atoms with E-state index in [0.29, 0.717) is 24.5 Å². The molecular formula is C15H28N2O2. The zero-order valence-electron chi connectivity index (χ0n) is 12.4. The Balaban J connectivity index is 1.91. The van der Waals surface area contributed by atoms with Crippen LogP contribution < -0.4 is 5.32 Å². The number of nitrogens with zero attached hydrogens (tertiary/aromatic N) is 1. The molecule has 1 unspecified atom stereocenters. The summed E-state index contributed by atoms with van der Waals surface area (Å²) in [6, 6.07) is 0.296. The van der Waals surface area contributed by atoms with E-state index < -0.39 is 0 Å². The normalized spacial score (nSPS) is 25.5. The van der Waals surface area contributed by atoms with Crippen LogP contribution in [0.4, 0.5) is 0 Å². The lowest BCUT2D eigenvalue weighted by Crippen LogP contribution is -2.47. The molecular weight excluding hydrogens is 240 g/mol. The lowest BCUT2D eigenvalue weighted by Gasteiger charge is -2.36. The van der Waals surface area contributed by atoms with E-state index >= 15 is 0 Å². The Hall–Kier alpha value is -0.610. The molecule has 1 N–H and O–H groups in total. The third-order valence-electron chi connectivity index (χ3n) is 4.33. The second-order valence-corrected chi connectivity index (χ2v) is 6.19. The molecule has 4 nitrogen and oxygen atoms in total. The standard InChI is InChI=1S/C15H28N2O2/c1-12(2)17(10-13-5-7-16-8-6-13)15(18)14-4-3-9-19-11-14/h12-14,16H,3-11H2,1-2H3. The minimum absolute atomic E-state index is 0.0952. The molecule has 2 heterocycles. The van der Waals surface area contributed by atoms with Gasteiger partial charge in [-0.3, -0.25) is 4.79 Å². The van der Waals surface area contributed by atoms with E-state index in [1.165, 1.54) is 12.8 Å². The SMILES string of the molecule is CC(C)N(CC1CCNCC1)C(=O)C1CCCOC1. The van der Waals surface area contributed by atoms with Gasteiger partial charge in [0.05, 0.1) is 12.5 Å². The van der Waals surface area contributed by atoms with E-state index in [1.807, 2.05) is 0 Å². The number of hydrogen-bond acceptors (Lipinski definition) is 3. The Bertz CT molecular complexity index is 282. The molecule has 2 aliphatic heterocycles. The van der Waals surface area contributed by atoms with Crippen LogP contribution in [0.25, 0.3) is 0 Å². The summed E-state index contributed by atoms with van der Waals surface area (Å²) in [6.07, 6.45) is 4.40. The number of ether oxygens (including phenoxy) is 1. The Labute approximate surface area is 116 Å². The van der Waals surface area contributed by atoms with Crippen molar-refractivity contribution in [1.29, 1.82) is 0 Å². The van der Waals surface area contributed by atoms with Gasteiger partial charge >= 0.3 is 0 Å². The molecule has 0 radical (unpaired) electrons. The minimum atomic E-state index is 0.0952. The fourth-order valence-corrected chi connectivity index (χ4v) is 3.07. The van der Waals surface area contributed by atoms with E-state index in [9.17, 15) is 4.79 Å². The molecule has 0 spiro atoms. The first-order valence-corrected chi connectivity index (χ1v) is 7.77. The van der Waals surface area contributed by atoms with Crippen LogP contribution in [0.2, 0.25) is 0 Å².